The Morgan fingerprint density at radius 1 is 0.774 bits per heavy atom. The van der Waals surface area contributed by atoms with E-state index < -0.39 is 11.8 Å². The van der Waals surface area contributed by atoms with E-state index in [1.807, 2.05) is 0 Å². The van der Waals surface area contributed by atoms with Crippen molar-refractivity contribution in [2.75, 3.05) is 23.8 Å². The van der Waals surface area contributed by atoms with E-state index >= 15 is 0 Å². The number of carbonyl (C=O) groups excluding carboxylic acids is 2. The third-order valence-electron chi connectivity index (χ3n) is 3.79. The van der Waals surface area contributed by atoms with E-state index in [1.54, 1.807) is 24.3 Å². The van der Waals surface area contributed by atoms with Crippen LogP contribution in [0.1, 0.15) is 0 Å². The molecule has 2 heterocycles. The van der Waals surface area contributed by atoms with E-state index in [9.17, 15) is 9.59 Å². The molecule has 13 heteroatoms. The monoisotopic (exact) mass is 534 g/mol. The summed E-state index contributed by atoms with van der Waals surface area (Å²) in [5.74, 6) is -0.925. The predicted molar refractivity (Wildman–Crippen MR) is 127 cm³/mol. The van der Waals surface area contributed by atoms with Crippen LogP contribution in [0.25, 0.3) is 20.4 Å². The molecule has 7 nitrogen and oxygen atoms in total. The molecule has 0 radical (unpaired) electrons. The minimum absolute atomic E-state index is 0.334. The van der Waals surface area contributed by atoms with Crippen LogP contribution in [-0.4, -0.2) is 35.0 Å². The summed E-state index contributed by atoms with van der Waals surface area (Å²) in [5, 5.41) is 7.65. The van der Waals surface area contributed by atoms with E-state index in [0.717, 1.165) is 9.40 Å². The van der Waals surface area contributed by atoms with Crippen molar-refractivity contribution in [2.45, 2.75) is 0 Å². The SMILES string of the molecule is O=C(COCC(=O)Nc1nc2c(Cl)cc(Cl)cc2s1)Nc1nc2c(Cl)cc(Cl)cc2s1. The Kier molecular flexibility index (Phi) is 6.83. The smallest absolute Gasteiger partial charge is 0.252 e. The zero-order chi connectivity index (χ0) is 22.1. The van der Waals surface area contributed by atoms with Crippen LogP contribution in [0.5, 0.6) is 0 Å². The quantitative estimate of drug-likeness (QED) is 0.310. The molecule has 31 heavy (non-hydrogen) atoms. The number of hydrogen-bond donors (Lipinski definition) is 2. The summed E-state index contributed by atoms with van der Waals surface area (Å²) < 4.78 is 6.65. The first-order chi connectivity index (χ1) is 14.8. The van der Waals surface area contributed by atoms with Crippen molar-refractivity contribution < 1.29 is 14.3 Å². The van der Waals surface area contributed by atoms with Gasteiger partial charge in [-0.25, -0.2) is 9.97 Å². The zero-order valence-electron chi connectivity index (χ0n) is 15.2. The average molecular weight is 536 g/mol. The van der Waals surface area contributed by atoms with Gasteiger partial charge >= 0.3 is 0 Å². The van der Waals surface area contributed by atoms with Crippen LogP contribution < -0.4 is 10.6 Å². The van der Waals surface area contributed by atoms with E-state index in [1.165, 1.54) is 22.7 Å². The van der Waals surface area contributed by atoms with Gasteiger partial charge in [-0.15, -0.1) is 0 Å². The van der Waals surface area contributed by atoms with Gasteiger partial charge in [-0.3, -0.25) is 20.2 Å². The number of aromatic nitrogens is 2. The van der Waals surface area contributed by atoms with Crippen molar-refractivity contribution in [3.8, 4) is 0 Å². The van der Waals surface area contributed by atoms with Crippen molar-refractivity contribution >= 4 is 112 Å². The molecule has 2 aromatic heterocycles. The number of benzene rings is 2. The maximum Gasteiger partial charge on any atom is 0.252 e. The number of halogens is 4. The van der Waals surface area contributed by atoms with Gasteiger partial charge in [0, 0.05) is 10.0 Å². The highest BCUT2D eigenvalue weighted by Gasteiger charge is 2.14. The zero-order valence-corrected chi connectivity index (χ0v) is 19.8. The van der Waals surface area contributed by atoms with Crippen LogP contribution in [-0.2, 0) is 14.3 Å². The number of fused-ring (bicyclic) bond motifs is 2. The Morgan fingerprint density at radius 2 is 1.19 bits per heavy atom. The molecule has 2 N–H and O–H groups in total. The maximum atomic E-state index is 12.1. The Balaban J connectivity index is 1.29. The highest BCUT2D eigenvalue weighted by atomic mass is 35.5. The lowest BCUT2D eigenvalue weighted by Crippen LogP contribution is -2.23. The number of amides is 2. The lowest BCUT2D eigenvalue weighted by Gasteiger charge is -2.04. The molecule has 0 aliphatic carbocycles. The molecule has 0 unspecified atom stereocenters. The van der Waals surface area contributed by atoms with Gasteiger partial charge in [0.05, 0.1) is 19.4 Å². The molecule has 0 saturated carbocycles. The first-order valence-corrected chi connectivity index (χ1v) is 11.6. The second-order valence-electron chi connectivity index (χ2n) is 6.10. The molecular weight excluding hydrogens is 526 g/mol. The van der Waals surface area contributed by atoms with E-state index in [-0.39, 0.29) is 13.2 Å². The highest BCUT2D eigenvalue weighted by Crippen LogP contribution is 2.34. The molecule has 0 bridgehead atoms. The topological polar surface area (TPSA) is 93.2 Å². The van der Waals surface area contributed by atoms with Crippen LogP contribution in [0.2, 0.25) is 20.1 Å². The fraction of sp³-hybridized carbons (Fsp3) is 0.111. The van der Waals surface area contributed by atoms with Gasteiger partial charge < -0.3 is 4.74 Å². The van der Waals surface area contributed by atoms with Gasteiger partial charge in [-0.2, -0.15) is 0 Å². The summed E-state index contributed by atoms with van der Waals surface area (Å²) in [4.78, 5) is 32.7. The Morgan fingerprint density at radius 3 is 1.61 bits per heavy atom. The standard InChI is InChI=1S/C18H10Cl4N4O3S2/c19-7-1-9(21)15-11(3-7)30-17(25-15)23-13(27)5-29-6-14(28)24-18-26-16-10(22)2-8(20)4-12(16)31-18/h1-4H,5-6H2,(H,23,25,27)(H,24,26,28). The van der Waals surface area contributed by atoms with Crippen molar-refractivity contribution in [2.24, 2.45) is 0 Å². The van der Waals surface area contributed by atoms with Crippen molar-refractivity contribution in [3.63, 3.8) is 0 Å². The highest BCUT2D eigenvalue weighted by molar-refractivity contribution is 7.22. The Bertz CT molecular complexity index is 1220. The molecule has 0 fully saturated rings. The number of nitrogens with one attached hydrogen (secondary N) is 2. The fourth-order valence-electron chi connectivity index (χ4n) is 2.57. The first-order valence-electron chi connectivity index (χ1n) is 8.47. The molecule has 0 saturated heterocycles. The van der Waals surface area contributed by atoms with Gasteiger partial charge in [0.15, 0.2) is 10.3 Å². The third kappa shape index (κ3) is 5.38. The maximum absolute atomic E-state index is 12.1. The number of carbonyl (C=O) groups is 2. The number of thiazole rings is 2. The summed E-state index contributed by atoms with van der Waals surface area (Å²) >= 11 is 26.6. The lowest BCUT2D eigenvalue weighted by atomic mass is 10.3. The minimum Gasteiger partial charge on any atom is -0.362 e. The molecule has 0 aliphatic heterocycles. The van der Waals surface area contributed by atoms with E-state index in [0.29, 0.717) is 41.4 Å². The Labute approximate surface area is 203 Å². The van der Waals surface area contributed by atoms with Gasteiger partial charge in [-0.05, 0) is 24.3 Å². The summed E-state index contributed by atoms with van der Waals surface area (Å²) in [6.07, 6.45) is 0. The largest absolute Gasteiger partial charge is 0.362 e. The van der Waals surface area contributed by atoms with Crippen LogP contribution in [0, 0.1) is 0 Å². The number of anilines is 2. The second kappa shape index (κ2) is 9.41. The van der Waals surface area contributed by atoms with Crippen molar-refractivity contribution in [3.05, 3.63) is 44.4 Å². The summed E-state index contributed by atoms with van der Waals surface area (Å²) in [5.41, 5.74) is 1.09. The predicted octanol–water partition coefficient (Wildman–Crippen LogP) is 6.11. The van der Waals surface area contributed by atoms with Gasteiger partial charge in [0.25, 0.3) is 11.8 Å². The molecule has 2 aromatic carbocycles. The van der Waals surface area contributed by atoms with Gasteiger partial charge in [-0.1, -0.05) is 69.1 Å². The minimum atomic E-state index is -0.463. The van der Waals surface area contributed by atoms with E-state index in [2.05, 4.69) is 20.6 Å². The molecule has 4 rings (SSSR count). The van der Waals surface area contributed by atoms with E-state index in [4.69, 9.17) is 51.1 Å². The Hall–Kier alpha value is -1.72. The number of hydrogen-bond acceptors (Lipinski definition) is 7. The van der Waals surface area contributed by atoms with Gasteiger partial charge in [0.2, 0.25) is 0 Å². The lowest BCUT2D eigenvalue weighted by molar-refractivity contribution is -0.125. The number of rotatable bonds is 6. The van der Waals surface area contributed by atoms with Crippen LogP contribution in [0.15, 0.2) is 24.3 Å². The molecule has 0 aliphatic rings. The fourth-order valence-corrected chi connectivity index (χ4v) is 5.78. The summed E-state index contributed by atoms with van der Waals surface area (Å²) in [6, 6.07) is 6.57. The molecule has 0 atom stereocenters. The van der Waals surface area contributed by atoms with Crippen molar-refractivity contribution in [1.29, 1.82) is 0 Å². The average Bonchev–Trinajstić information content (AvgIpc) is 3.25. The molecular formula is C18H10Cl4N4O3S2. The summed E-state index contributed by atoms with van der Waals surface area (Å²) in [7, 11) is 0. The third-order valence-corrected chi connectivity index (χ3v) is 6.63. The molecule has 4 aromatic rings. The molecule has 0 spiro atoms. The number of ether oxygens (including phenoxy) is 1. The van der Waals surface area contributed by atoms with Crippen LogP contribution >= 0.6 is 69.1 Å². The normalized spacial score (nSPS) is 11.2. The van der Waals surface area contributed by atoms with Gasteiger partial charge in [0.1, 0.15) is 24.2 Å². The number of nitrogens with zero attached hydrogens (tertiary/aromatic N) is 2. The molecule has 160 valence electrons. The first kappa shape index (κ1) is 22.5. The second-order valence-corrected chi connectivity index (χ2v) is 9.84. The molecule has 2 amide bonds. The van der Waals surface area contributed by atoms with Crippen LogP contribution in [0.3, 0.4) is 0 Å². The summed E-state index contributed by atoms with van der Waals surface area (Å²) in [6.45, 7) is -0.668. The van der Waals surface area contributed by atoms with Crippen LogP contribution in [0.4, 0.5) is 10.3 Å². The van der Waals surface area contributed by atoms with Crippen molar-refractivity contribution in [1.82, 2.24) is 9.97 Å².